The van der Waals surface area contributed by atoms with Crippen LogP contribution >= 0.6 is 0 Å². The van der Waals surface area contributed by atoms with E-state index in [0.717, 1.165) is 6.08 Å². The Kier molecular flexibility index (Phi) is 8.69. The van der Waals surface area contributed by atoms with Crippen LogP contribution in [0.4, 0.5) is 4.79 Å². The Hall–Kier alpha value is -3.03. The molecule has 0 bridgehead atoms. The van der Waals surface area contributed by atoms with Crippen molar-refractivity contribution >= 4 is 24.0 Å². The zero-order valence-electron chi connectivity index (χ0n) is 15.3. The van der Waals surface area contributed by atoms with Crippen LogP contribution in [0.1, 0.15) is 19.4 Å². The molecule has 142 valence electrons. The van der Waals surface area contributed by atoms with Crippen molar-refractivity contribution < 1.29 is 28.6 Å². The highest BCUT2D eigenvalue weighted by Gasteiger charge is 2.11. The van der Waals surface area contributed by atoms with Gasteiger partial charge in [-0.2, -0.15) is 0 Å². The number of carbonyl (C=O) groups is 3. The normalized spacial score (nSPS) is 10.5. The van der Waals surface area contributed by atoms with Gasteiger partial charge in [0, 0.05) is 18.2 Å². The molecule has 2 N–H and O–H groups in total. The van der Waals surface area contributed by atoms with Gasteiger partial charge in [0.25, 0.3) is 5.91 Å². The largest absolute Gasteiger partial charge is 0.493 e. The van der Waals surface area contributed by atoms with Crippen LogP contribution in [0.15, 0.2) is 24.3 Å². The molecule has 0 unspecified atom stereocenters. The average Bonchev–Trinajstić information content (AvgIpc) is 2.62. The molecular formula is C18H24N2O6. The lowest BCUT2D eigenvalue weighted by Crippen LogP contribution is -2.42. The first-order chi connectivity index (χ1) is 12.4. The van der Waals surface area contributed by atoms with E-state index in [2.05, 4.69) is 10.6 Å². The maximum Gasteiger partial charge on any atom is 0.331 e. The van der Waals surface area contributed by atoms with Crippen LogP contribution < -0.4 is 20.1 Å². The molecule has 0 atom stereocenters. The van der Waals surface area contributed by atoms with Crippen LogP contribution in [0.3, 0.4) is 0 Å². The minimum Gasteiger partial charge on any atom is -0.493 e. The van der Waals surface area contributed by atoms with E-state index in [9.17, 15) is 14.4 Å². The maximum atomic E-state index is 11.7. The van der Waals surface area contributed by atoms with E-state index >= 15 is 0 Å². The molecule has 8 nitrogen and oxygen atoms in total. The fourth-order valence-corrected chi connectivity index (χ4v) is 1.89. The SMILES string of the molecule is COc1cccc(/C=C/C(=O)OCC(=O)NC(=O)NCC(C)C)c1OC. The molecule has 3 amide bonds. The smallest absolute Gasteiger partial charge is 0.331 e. The number of para-hydroxylation sites is 1. The van der Waals surface area contributed by atoms with Crippen LogP contribution in [0.5, 0.6) is 11.5 Å². The number of carbonyl (C=O) groups excluding carboxylic acids is 3. The summed E-state index contributed by atoms with van der Waals surface area (Å²) in [6.07, 6.45) is 2.64. The van der Waals surface area contributed by atoms with Gasteiger partial charge in [-0.05, 0) is 18.1 Å². The molecule has 1 aromatic carbocycles. The molecule has 1 aromatic rings. The van der Waals surface area contributed by atoms with Crippen molar-refractivity contribution in [2.24, 2.45) is 5.92 Å². The Morgan fingerprint density at radius 2 is 1.88 bits per heavy atom. The van der Waals surface area contributed by atoms with Gasteiger partial charge < -0.3 is 19.5 Å². The number of esters is 1. The first-order valence-electron chi connectivity index (χ1n) is 8.00. The molecule has 0 saturated heterocycles. The number of amides is 3. The van der Waals surface area contributed by atoms with Crippen LogP contribution in [0.25, 0.3) is 6.08 Å². The Labute approximate surface area is 152 Å². The lowest BCUT2D eigenvalue weighted by Gasteiger charge is -2.10. The number of hydrogen-bond acceptors (Lipinski definition) is 6. The highest BCUT2D eigenvalue weighted by molar-refractivity contribution is 5.96. The van der Waals surface area contributed by atoms with Gasteiger partial charge in [-0.25, -0.2) is 9.59 Å². The number of rotatable bonds is 8. The fraction of sp³-hybridized carbons (Fsp3) is 0.389. The van der Waals surface area contributed by atoms with Crippen molar-refractivity contribution in [3.05, 3.63) is 29.8 Å². The minimum atomic E-state index is -0.729. The predicted octanol–water partition coefficient (Wildman–Crippen LogP) is 1.74. The minimum absolute atomic E-state index is 0.257. The van der Waals surface area contributed by atoms with Crippen LogP contribution in [0.2, 0.25) is 0 Å². The van der Waals surface area contributed by atoms with Gasteiger partial charge in [-0.15, -0.1) is 0 Å². The van der Waals surface area contributed by atoms with E-state index < -0.39 is 24.5 Å². The topological polar surface area (TPSA) is 103 Å². The van der Waals surface area contributed by atoms with E-state index in [-0.39, 0.29) is 5.92 Å². The summed E-state index contributed by atoms with van der Waals surface area (Å²) < 4.78 is 15.2. The molecule has 0 aliphatic rings. The molecular weight excluding hydrogens is 340 g/mol. The summed E-state index contributed by atoms with van der Waals surface area (Å²) in [5.74, 6) is -0.194. The number of methoxy groups -OCH3 is 2. The molecule has 26 heavy (non-hydrogen) atoms. The van der Waals surface area contributed by atoms with Crippen LogP contribution in [-0.4, -0.2) is 45.3 Å². The molecule has 8 heteroatoms. The van der Waals surface area contributed by atoms with Gasteiger partial charge in [0.15, 0.2) is 18.1 Å². The van der Waals surface area contributed by atoms with Crippen molar-refractivity contribution in [3.63, 3.8) is 0 Å². The van der Waals surface area contributed by atoms with Crippen molar-refractivity contribution in [2.75, 3.05) is 27.4 Å². The molecule has 0 aliphatic carbocycles. The Bertz CT molecular complexity index is 670. The first kappa shape index (κ1) is 21.0. The summed E-state index contributed by atoms with van der Waals surface area (Å²) in [4.78, 5) is 34.7. The molecule has 0 spiro atoms. The quantitative estimate of drug-likeness (QED) is 0.538. The molecule has 0 fully saturated rings. The third-order valence-corrected chi connectivity index (χ3v) is 3.10. The lowest BCUT2D eigenvalue weighted by molar-refractivity contribution is -0.143. The Morgan fingerprint density at radius 1 is 1.15 bits per heavy atom. The van der Waals surface area contributed by atoms with E-state index in [1.165, 1.54) is 20.3 Å². The summed E-state index contributed by atoms with van der Waals surface area (Å²) in [7, 11) is 3.00. The van der Waals surface area contributed by atoms with E-state index in [1.54, 1.807) is 18.2 Å². The summed E-state index contributed by atoms with van der Waals surface area (Å²) >= 11 is 0. The highest BCUT2D eigenvalue weighted by atomic mass is 16.5. The van der Waals surface area contributed by atoms with Crippen LogP contribution in [0, 0.1) is 5.92 Å². The molecule has 0 aliphatic heterocycles. The van der Waals surface area contributed by atoms with Gasteiger partial charge in [0.2, 0.25) is 0 Å². The standard InChI is InChI=1S/C18H24N2O6/c1-12(2)10-19-18(23)20-15(21)11-26-16(22)9-8-13-6-5-7-14(24-3)17(13)25-4/h5-9,12H,10-11H2,1-4H3,(H2,19,20,21,23)/b9-8+. The number of nitrogens with one attached hydrogen (secondary N) is 2. The monoisotopic (exact) mass is 364 g/mol. The summed E-state index contributed by atoms with van der Waals surface area (Å²) in [6.45, 7) is 3.72. The zero-order chi connectivity index (χ0) is 19.5. The fourth-order valence-electron chi connectivity index (χ4n) is 1.89. The second kappa shape index (κ2) is 10.8. The number of urea groups is 1. The number of ether oxygens (including phenoxy) is 3. The number of benzene rings is 1. The molecule has 0 saturated carbocycles. The van der Waals surface area contributed by atoms with Gasteiger partial charge in [-0.1, -0.05) is 26.0 Å². The average molecular weight is 364 g/mol. The maximum absolute atomic E-state index is 11.7. The number of imide groups is 1. The van der Waals surface area contributed by atoms with Crippen molar-refractivity contribution in [3.8, 4) is 11.5 Å². The van der Waals surface area contributed by atoms with E-state index in [1.807, 2.05) is 13.8 Å². The third kappa shape index (κ3) is 7.25. The second-order valence-corrected chi connectivity index (χ2v) is 5.68. The van der Waals surface area contributed by atoms with Gasteiger partial charge in [0.1, 0.15) is 0 Å². The zero-order valence-corrected chi connectivity index (χ0v) is 15.3. The predicted molar refractivity (Wildman–Crippen MR) is 95.9 cm³/mol. The summed E-state index contributed by atoms with van der Waals surface area (Å²) in [6, 6.07) is 4.58. The van der Waals surface area contributed by atoms with Crippen molar-refractivity contribution in [2.45, 2.75) is 13.8 Å². The number of hydrogen-bond donors (Lipinski definition) is 2. The second-order valence-electron chi connectivity index (χ2n) is 5.68. The van der Waals surface area contributed by atoms with Crippen LogP contribution in [-0.2, 0) is 14.3 Å². The molecule has 1 rings (SSSR count). The van der Waals surface area contributed by atoms with Gasteiger partial charge >= 0.3 is 12.0 Å². The summed E-state index contributed by atoms with van der Waals surface area (Å²) in [5.41, 5.74) is 0.612. The summed E-state index contributed by atoms with van der Waals surface area (Å²) in [5, 5.41) is 4.59. The van der Waals surface area contributed by atoms with E-state index in [4.69, 9.17) is 14.2 Å². The Balaban J connectivity index is 2.51. The highest BCUT2D eigenvalue weighted by Crippen LogP contribution is 2.31. The third-order valence-electron chi connectivity index (χ3n) is 3.10. The van der Waals surface area contributed by atoms with Crippen molar-refractivity contribution in [1.29, 1.82) is 0 Å². The van der Waals surface area contributed by atoms with Gasteiger partial charge in [-0.3, -0.25) is 10.1 Å². The first-order valence-corrected chi connectivity index (χ1v) is 8.00. The van der Waals surface area contributed by atoms with E-state index in [0.29, 0.717) is 23.6 Å². The van der Waals surface area contributed by atoms with Gasteiger partial charge in [0.05, 0.1) is 14.2 Å². The lowest BCUT2D eigenvalue weighted by atomic mass is 10.1. The Morgan fingerprint density at radius 3 is 2.50 bits per heavy atom. The molecule has 0 heterocycles. The molecule has 0 aromatic heterocycles. The van der Waals surface area contributed by atoms with Crippen molar-refractivity contribution in [1.82, 2.24) is 10.6 Å². The molecule has 0 radical (unpaired) electrons.